The third-order valence-corrected chi connectivity index (χ3v) is 8.84. The highest BCUT2D eigenvalue weighted by molar-refractivity contribution is 7.91. The van der Waals surface area contributed by atoms with Crippen LogP contribution >= 0.6 is 11.3 Å². The van der Waals surface area contributed by atoms with Crippen LogP contribution in [0.25, 0.3) is 22.0 Å². The van der Waals surface area contributed by atoms with E-state index in [0.717, 1.165) is 39.1 Å². The molecule has 1 aliphatic rings. The molecule has 0 spiro atoms. The average Bonchev–Trinajstić information content (AvgIpc) is 3.42. The van der Waals surface area contributed by atoms with E-state index in [2.05, 4.69) is 11.1 Å². The maximum Gasteiger partial charge on any atom is 0.330 e. The molecule has 5 rings (SSSR count). The molecule has 2 aromatic carbocycles. The molecule has 3 heterocycles. The largest absolute Gasteiger partial charge is 0.349 e. The number of thiazole rings is 1. The Kier molecular flexibility index (Phi) is 5.59. The number of amides is 2. The van der Waals surface area contributed by atoms with Gasteiger partial charge in [0.25, 0.3) is 0 Å². The van der Waals surface area contributed by atoms with E-state index in [-0.39, 0.29) is 15.9 Å². The van der Waals surface area contributed by atoms with Gasteiger partial charge in [-0.25, -0.2) is 23.3 Å². The summed E-state index contributed by atoms with van der Waals surface area (Å²) in [5.74, 6) is 0. The van der Waals surface area contributed by atoms with Crippen LogP contribution in [0, 0.1) is 18.3 Å². The molecule has 4 aromatic rings. The molecule has 35 heavy (non-hydrogen) atoms. The number of carbonyl (C=O) groups excluding carboxylic acids is 1. The van der Waals surface area contributed by atoms with Crippen molar-refractivity contribution < 1.29 is 13.2 Å². The molecular formula is C24H22N6O3S2. The Morgan fingerprint density at radius 3 is 2.46 bits per heavy atom. The number of nitriles is 1. The number of benzene rings is 2. The number of nitrogens with two attached hydrogens (primary N) is 1. The number of carbonyl (C=O) groups is 1. The molecule has 0 unspecified atom stereocenters. The predicted octanol–water partition coefficient (Wildman–Crippen LogP) is 3.97. The molecule has 2 aromatic heterocycles. The van der Waals surface area contributed by atoms with Crippen LogP contribution in [0.2, 0.25) is 0 Å². The Balaban J connectivity index is 1.45. The van der Waals surface area contributed by atoms with Crippen molar-refractivity contribution in [3.8, 4) is 17.2 Å². The quantitative estimate of drug-likeness (QED) is 0.448. The van der Waals surface area contributed by atoms with E-state index in [1.165, 1.54) is 4.90 Å². The summed E-state index contributed by atoms with van der Waals surface area (Å²) in [5, 5.41) is 16.1. The van der Waals surface area contributed by atoms with Crippen LogP contribution in [-0.4, -0.2) is 37.1 Å². The van der Waals surface area contributed by atoms with Crippen molar-refractivity contribution in [2.75, 3.05) is 22.9 Å². The minimum absolute atomic E-state index is 0.0311. The Morgan fingerprint density at radius 1 is 1.09 bits per heavy atom. The van der Waals surface area contributed by atoms with E-state index in [1.54, 1.807) is 11.8 Å². The number of aryl methyl sites for hydroxylation is 2. The zero-order chi connectivity index (χ0) is 24.9. The number of hydrogen-bond acceptors (Lipinski definition) is 6. The van der Waals surface area contributed by atoms with E-state index in [9.17, 15) is 18.5 Å². The number of primary sulfonamides is 1. The number of urea groups is 1. The average molecular weight is 507 g/mol. The number of nitrogens with zero attached hydrogens (tertiary/aromatic N) is 5. The van der Waals surface area contributed by atoms with Crippen molar-refractivity contribution in [1.29, 1.82) is 5.26 Å². The summed E-state index contributed by atoms with van der Waals surface area (Å²) < 4.78 is 25.5. The van der Waals surface area contributed by atoms with Gasteiger partial charge in [-0.2, -0.15) is 5.26 Å². The van der Waals surface area contributed by atoms with Crippen molar-refractivity contribution in [1.82, 2.24) is 9.55 Å². The van der Waals surface area contributed by atoms with Gasteiger partial charge in [-0.1, -0.05) is 29.5 Å². The van der Waals surface area contributed by atoms with Crippen LogP contribution in [-0.2, 0) is 17.1 Å². The first-order chi connectivity index (χ1) is 16.7. The second-order valence-electron chi connectivity index (χ2n) is 8.36. The van der Waals surface area contributed by atoms with Crippen LogP contribution in [0.3, 0.4) is 0 Å². The Hall–Kier alpha value is -3.72. The third kappa shape index (κ3) is 3.95. The Morgan fingerprint density at radius 2 is 1.80 bits per heavy atom. The second kappa shape index (κ2) is 8.49. The van der Waals surface area contributed by atoms with E-state index in [0.29, 0.717) is 30.2 Å². The molecule has 9 nitrogen and oxygen atoms in total. The fourth-order valence-electron chi connectivity index (χ4n) is 4.47. The molecule has 0 atom stereocenters. The van der Waals surface area contributed by atoms with Gasteiger partial charge in [-0.3, -0.25) is 9.80 Å². The summed E-state index contributed by atoms with van der Waals surface area (Å²) in [6.45, 7) is 2.56. The standard InChI is InChI=1S/C24H22N6O3S2/c1-15-22(35(26,32)33)34-23(27-15)30-12-3-11-29(24(30)31)18-7-4-16(5-8-18)19-9-6-17(14-25)21-20(19)10-13-28(21)2/h4-10,13H,3,11-12H2,1-2H3,(H2,26,32,33). The van der Waals surface area contributed by atoms with Crippen LogP contribution in [0.15, 0.2) is 52.9 Å². The van der Waals surface area contributed by atoms with Gasteiger partial charge < -0.3 is 4.57 Å². The van der Waals surface area contributed by atoms with Gasteiger partial charge in [-0.15, -0.1) is 0 Å². The molecule has 0 saturated carbocycles. The molecule has 11 heteroatoms. The summed E-state index contributed by atoms with van der Waals surface area (Å²) >= 11 is 0.909. The number of sulfonamides is 1. The molecule has 1 aliphatic heterocycles. The molecule has 2 amide bonds. The lowest BCUT2D eigenvalue weighted by molar-refractivity contribution is 0.248. The number of rotatable bonds is 4. The SMILES string of the molecule is Cc1nc(N2CCCN(c3ccc(-c4ccc(C#N)c5c4ccn5C)cc3)C2=O)sc1S(N)(=O)=O. The summed E-state index contributed by atoms with van der Waals surface area (Å²) in [7, 11) is -1.98. The Bertz CT molecular complexity index is 1610. The van der Waals surface area contributed by atoms with Gasteiger partial charge >= 0.3 is 6.03 Å². The first kappa shape index (κ1) is 23.0. The molecule has 0 aliphatic carbocycles. The zero-order valence-corrected chi connectivity index (χ0v) is 20.7. The lowest BCUT2D eigenvalue weighted by atomic mass is 9.99. The molecule has 178 valence electrons. The molecule has 0 radical (unpaired) electrons. The van der Waals surface area contributed by atoms with Gasteiger partial charge in [-0.05, 0) is 48.7 Å². The smallest absolute Gasteiger partial charge is 0.330 e. The summed E-state index contributed by atoms with van der Waals surface area (Å²) in [5.41, 5.74) is 4.51. The lowest BCUT2D eigenvalue weighted by Gasteiger charge is -2.34. The van der Waals surface area contributed by atoms with Crippen LogP contribution in [0.5, 0.6) is 0 Å². The van der Waals surface area contributed by atoms with Crippen LogP contribution < -0.4 is 14.9 Å². The monoisotopic (exact) mass is 506 g/mol. The van der Waals surface area contributed by atoms with Gasteiger partial charge in [0.1, 0.15) is 6.07 Å². The minimum Gasteiger partial charge on any atom is -0.349 e. The zero-order valence-electron chi connectivity index (χ0n) is 19.1. The van der Waals surface area contributed by atoms with Crippen molar-refractivity contribution in [3.05, 3.63) is 59.9 Å². The highest BCUT2D eigenvalue weighted by atomic mass is 32.2. The van der Waals surface area contributed by atoms with Crippen molar-refractivity contribution in [3.63, 3.8) is 0 Å². The highest BCUT2D eigenvalue weighted by Crippen LogP contribution is 2.34. The predicted molar refractivity (Wildman–Crippen MR) is 136 cm³/mol. The van der Waals surface area contributed by atoms with E-state index >= 15 is 0 Å². The minimum atomic E-state index is -3.90. The van der Waals surface area contributed by atoms with Gasteiger partial charge in [0.05, 0.1) is 16.8 Å². The van der Waals surface area contributed by atoms with E-state index in [1.807, 2.05) is 60.3 Å². The van der Waals surface area contributed by atoms with Gasteiger partial charge in [0.15, 0.2) is 9.34 Å². The molecule has 1 fully saturated rings. The summed E-state index contributed by atoms with van der Waals surface area (Å²) in [6.07, 6.45) is 2.64. The van der Waals surface area contributed by atoms with Crippen molar-refractivity contribution in [2.24, 2.45) is 12.2 Å². The highest BCUT2D eigenvalue weighted by Gasteiger charge is 2.31. The van der Waals surface area contributed by atoms with E-state index < -0.39 is 10.0 Å². The molecule has 2 N–H and O–H groups in total. The summed E-state index contributed by atoms with van der Waals surface area (Å²) in [4.78, 5) is 20.8. The van der Waals surface area contributed by atoms with Crippen molar-refractivity contribution in [2.45, 2.75) is 17.6 Å². The fourth-order valence-corrected chi connectivity index (χ4v) is 6.44. The summed E-state index contributed by atoms with van der Waals surface area (Å²) in [6, 6.07) is 15.5. The van der Waals surface area contributed by atoms with Crippen molar-refractivity contribution >= 4 is 49.1 Å². The molecular weight excluding hydrogens is 484 g/mol. The number of fused-ring (bicyclic) bond motifs is 1. The maximum absolute atomic E-state index is 13.3. The topological polar surface area (TPSA) is 125 Å². The van der Waals surface area contributed by atoms with Crippen LogP contribution in [0.4, 0.5) is 15.6 Å². The molecule has 1 saturated heterocycles. The number of aromatic nitrogens is 2. The van der Waals surface area contributed by atoms with Gasteiger partial charge in [0, 0.05) is 37.4 Å². The fraction of sp³-hybridized carbons (Fsp3) is 0.208. The normalized spacial score (nSPS) is 14.5. The first-order valence-electron chi connectivity index (χ1n) is 10.9. The van der Waals surface area contributed by atoms with E-state index in [4.69, 9.17) is 5.14 Å². The Labute approximate surface area is 206 Å². The van der Waals surface area contributed by atoms with Gasteiger partial charge in [0.2, 0.25) is 10.0 Å². The van der Waals surface area contributed by atoms with Crippen LogP contribution in [0.1, 0.15) is 17.7 Å². The number of anilines is 2. The number of hydrogen-bond donors (Lipinski definition) is 1. The third-order valence-electron chi connectivity index (χ3n) is 6.10. The lowest BCUT2D eigenvalue weighted by Crippen LogP contribution is -2.49. The molecule has 0 bridgehead atoms. The first-order valence-corrected chi connectivity index (χ1v) is 13.2. The second-order valence-corrected chi connectivity index (χ2v) is 11.1. The maximum atomic E-state index is 13.3.